The Morgan fingerprint density at radius 1 is 0.400 bits per heavy atom. The molecule has 0 aliphatic carbocycles. The van der Waals surface area contributed by atoms with E-state index in [4.69, 9.17) is 23.2 Å². The van der Waals surface area contributed by atoms with Crippen LogP contribution in [0.5, 0.6) is 0 Å². The molecule has 12 aromatic rings. The molecule has 60 heavy (non-hydrogen) atoms. The molecule has 12 rings (SSSR count). The van der Waals surface area contributed by atoms with E-state index >= 15 is 0 Å². The van der Waals surface area contributed by atoms with E-state index in [2.05, 4.69) is 66.7 Å². The van der Waals surface area contributed by atoms with E-state index in [1.54, 1.807) is 15.9 Å². The monoisotopic (exact) mass is 790 g/mol. The Balaban J connectivity index is 1.10. The van der Waals surface area contributed by atoms with E-state index in [1.165, 1.54) is 30.9 Å². The molecule has 0 bridgehead atoms. The van der Waals surface area contributed by atoms with Gasteiger partial charge >= 0.3 is 0 Å². The van der Waals surface area contributed by atoms with Crippen molar-refractivity contribution in [3.8, 4) is 62.1 Å². The lowest BCUT2D eigenvalue weighted by atomic mass is 9.99. The molecular formula is C55H34N4S. The van der Waals surface area contributed by atoms with Gasteiger partial charge in [0.1, 0.15) is 0 Å². The number of benzene rings is 9. The fraction of sp³-hybridized carbons (Fsp3) is 0. The van der Waals surface area contributed by atoms with Crippen molar-refractivity contribution in [2.24, 2.45) is 0 Å². The molecule has 5 heteroatoms. The SMILES string of the molecule is [2H]c1c([2H])c([2H])c2c(c1[2H])c1c([2H])c([2H])c([2H])c([2H])c1n2-c1cc(-c2nc(-c3ccccc3)nc(-c3cccc(-c4cccc5c4sc4cc6ccccc6cc45)c3)n2)ccc1-c1ccccc1. The summed E-state index contributed by atoms with van der Waals surface area (Å²) in [6.07, 6.45) is 0. The first kappa shape index (κ1) is 27.0. The standard InChI is InChI=1S/C55H34N4S/c1-3-15-35(16-4-1)42-30-29-41(33-50(42)59-48-27-11-9-23-44(48)45-24-10-12-28-49(45)59)55-57-53(36-17-5-2-6-18-36)56-54(58-55)40-22-13-21-39(31-40)43-25-14-26-46-47-32-37-19-7-8-20-38(37)34-51(47)60-52(43)46/h1-34H/i9D,10D,11D,12D,23D,24D,27D,28D. The van der Waals surface area contributed by atoms with E-state index in [-0.39, 0.29) is 33.9 Å². The van der Waals surface area contributed by atoms with Crippen molar-refractivity contribution in [2.75, 3.05) is 0 Å². The molecule has 0 fully saturated rings. The maximum Gasteiger partial charge on any atom is 0.164 e. The van der Waals surface area contributed by atoms with Crippen molar-refractivity contribution >= 4 is 64.1 Å². The van der Waals surface area contributed by atoms with Gasteiger partial charge in [0.2, 0.25) is 0 Å². The van der Waals surface area contributed by atoms with Crippen LogP contribution < -0.4 is 0 Å². The summed E-state index contributed by atoms with van der Waals surface area (Å²) in [5.41, 5.74) is 6.02. The van der Waals surface area contributed by atoms with E-state index < -0.39 is 36.3 Å². The molecule has 0 saturated heterocycles. The first-order valence-electron chi connectivity index (χ1n) is 23.5. The van der Waals surface area contributed by atoms with Crippen LogP contribution in [0.3, 0.4) is 0 Å². The minimum atomic E-state index is -0.504. The zero-order valence-electron chi connectivity index (χ0n) is 39.7. The number of thiophene rings is 1. The molecule has 0 atom stereocenters. The van der Waals surface area contributed by atoms with Gasteiger partial charge in [-0.15, -0.1) is 11.3 Å². The number of rotatable bonds is 6. The van der Waals surface area contributed by atoms with E-state index in [9.17, 15) is 2.74 Å². The van der Waals surface area contributed by atoms with E-state index in [1.807, 2.05) is 91.0 Å². The van der Waals surface area contributed by atoms with Crippen LogP contribution in [-0.4, -0.2) is 19.5 Å². The second-order valence-electron chi connectivity index (χ2n) is 14.6. The summed E-state index contributed by atoms with van der Waals surface area (Å²) in [5, 5.41) is 4.80. The summed E-state index contributed by atoms with van der Waals surface area (Å²) in [6, 6.07) is 48.8. The quantitative estimate of drug-likeness (QED) is 0.168. The third-order valence-electron chi connectivity index (χ3n) is 11.1. The van der Waals surface area contributed by atoms with Crippen molar-refractivity contribution in [3.05, 3.63) is 206 Å². The minimum absolute atomic E-state index is 0.00382. The van der Waals surface area contributed by atoms with Crippen LogP contribution in [0.4, 0.5) is 0 Å². The van der Waals surface area contributed by atoms with Gasteiger partial charge in [0.25, 0.3) is 0 Å². The molecule has 0 aliphatic rings. The van der Waals surface area contributed by atoms with E-state index in [0.29, 0.717) is 34.3 Å². The van der Waals surface area contributed by atoms with Crippen molar-refractivity contribution in [2.45, 2.75) is 0 Å². The molecule has 280 valence electrons. The summed E-state index contributed by atoms with van der Waals surface area (Å²) in [4.78, 5) is 15.3. The molecule has 9 aromatic carbocycles. The highest BCUT2D eigenvalue weighted by molar-refractivity contribution is 7.26. The summed E-state index contributed by atoms with van der Waals surface area (Å²) < 4.78 is 75.3. The second-order valence-corrected chi connectivity index (χ2v) is 15.7. The van der Waals surface area contributed by atoms with Gasteiger partial charge in [-0.3, -0.25) is 0 Å². The zero-order chi connectivity index (χ0) is 46.5. The largest absolute Gasteiger partial charge is 0.309 e. The highest BCUT2D eigenvalue weighted by atomic mass is 32.1. The molecule has 0 radical (unpaired) electrons. The van der Waals surface area contributed by atoms with Crippen LogP contribution in [0.2, 0.25) is 0 Å². The van der Waals surface area contributed by atoms with Gasteiger partial charge in [0, 0.05) is 53.2 Å². The van der Waals surface area contributed by atoms with Gasteiger partial charge in [-0.1, -0.05) is 170 Å². The Labute approximate surface area is 361 Å². The van der Waals surface area contributed by atoms with Crippen LogP contribution >= 0.6 is 11.3 Å². The zero-order valence-corrected chi connectivity index (χ0v) is 32.5. The fourth-order valence-electron chi connectivity index (χ4n) is 8.27. The first-order chi connectivity index (χ1) is 33.0. The predicted octanol–water partition coefficient (Wildman–Crippen LogP) is 14.8. The fourth-order valence-corrected chi connectivity index (χ4v) is 9.53. The molecule has 0 aliphatic heterocycles. The van der Waals surface area contributed by atoms with Crippen LogP contribution in [0, 0.1) is 0 Å². The molecular weight excluding hydrogens is 749 g/mol. The maximum atomic E-state index is 9.26. The molecule has 0 amide bonds. The average Bonchev–Trinajstić information content (AvgIpc) is 3.94. The molecule has 0 spiro atoms. The number of nitrogens with zero attached hydrogens (tertiary/aromatic N) is 4. The lowest BCUT2D eigenvalue weighted by Gasteiger charge is -2.16. The van der Waals surface area contributed by atoms with Crippen molar-refractivity contribution in [1.82, 2.24) is 19.5 Å². The normalized spacial score (nSPS) is 13.5. The third-order valence-corrected chi connectivity index (χ3v) is 12.3. The van der Waals surface area contributed by atoms with Gasteiger partial charge in [-0.2, -0.15) is 0 Å². The van der Waals surface area contributed by atoms with Crippen molar-refractivity contribution < 1.29 is 11.0 Å². The number of aromatic nitrogens is 4. The predicted molar refractivity (Wildman–Crippen MR) is 252 cm³/mol. The number of para-hydroxylation sites is 2. The highest BCUT2D eigenvalue weighted by Crippen LogP contribution is 2.43. The number of fused-ring (bicyclic) bond motifs is 7. The van der Waals surface area contributed by atoms with Crippen molar-refractivity contribution in [3.63, 3.8) is 0 Å². The molecule has 3 aromatic heterocycles. The highest BCUT2D eigenvalue weighted by Gasteiger charge is 2.20. The summed E-state index contributed by atoms with van der Waals surface area (Å²) in [6.45, 7) is 0. The Kier molecular flexibility index (Phi) is 6.30. The third kappa shape index (κ3) is 5.70. The Bertz CT molecular complexity index is 4000. The van der Waals surface area contributed by atoms with Crippen molar-refractivity contribution in [1.29, 1.82) is 0 Å². The van der Waals surface area contributed by atoms with Gasteiger partial charge < -0.3 is 4.57 Å². The number of hydrogen-bond acceptors (Lipinski definition) is 4. The molecule has 0 saturated carbocycles. The summed E-state index contributed by atoms with van der Waals surface area (Å²) >= 11 is 1.78. The summed E-state index contributed by atoms with van der Waals surface area (Å²) in [7, 11) is 0. The average molecular weight is 791 g/mol. The molecule has 3 heterocycles. The topological polar surface area (TPSA) is 43.6 Å². The maximum absolute atomic E-state index is 9.26. The van der Waals surface area contributed by atoms with Crippen LogP contribution in [0.1, 0.15) is 11.0 Å². The van der Waals surface area contributed by atoms with Crippen LogP contribution in [0.15, 0.2) is 206 Å². The van der Waals surface area contributed by atoms with Gasteiger partial charge in [-0.05, 0) is 63.8 Å². The molecule has 4 nitrogen and oxygen atoms in total. The molecule has 0 N–H and O–H groups in total. The minimum Gasteiger partial charge on any atom is -0.309 e. The second kappa shape index (κ2) is 14.0. The lowest BCUT2D eigenvalue weighted by Crippen LogP contribution is -2.02. The number of hydrogen-bond donors (Lipinski definition) is 0. The summed E-state index contributed by atoms with van der Waals surface area (Å²) in [5.74, 6) is 1.19. The Morgan fingerprint density at radius 2 is 0.967 bits per heavy atom. The first-order valence-corrected chi connectivity index (χ1v) is 20.3. The van der Waals surface area contributed by atoms with Crippen LogP contribution in [-0.2, 0) is 0 Å². The Morgan fingerprint density at radius 3 is 1.68 bits per heavy atom. The molecule has 0 unspecified atom stereocenters. The van der Waals surface area contributed by atoms with Gasteiger partial charge in [-0.25, -0.2) is 15.0 Å². The van der Waals surface area contributed by atoms with E-state index in [0.717, 1.165) is 27.8 Å². The lowest BCUT2D eigenvalue weighted by molar-refractivity contribution is 1.07. The van der Waals surface area contributed by atoms with Gasteiger partial charge in [0.15, 0.2) is 17.5 Å². The smallest absolute Gasteiger partial charge is 0.164 e. The van der Waals surface area contributed by atoms with Gasteiger partial charge in [0.05, 0.1) is 27.7 Å². The Hall–Kier alpha value is -7.73. The van der Waals surface area contributed by atoms with Crippen LogP contribution in [0.25, 0.3) is 115 Å².